The van der Waals surface area contributed by atoms with E-state index in [1.807, 2.05) is 31.3 Å². The topological polar surface area (TPSA) is 69.0 Å². The maximum absolute atomic E-state index is 10.8. The van der Waals surface area contributed by atoms with Gasteiger partial charge in [-0.2, -0.15) is 0 Å². The van der Waals surface area contributed by atoms with Crippen LogP contribution in [0.4, 0.5) is 0 Å². The van der Waals surface area contributed by atoms with Crippen LogP contribution >= 0.6 is 0 Å². The molecule has 5 heteroatoms. The fourth-order valence-electron chi connectivity index (χ4n) is 5.25. The summed E-state index contributed by atoms with van der Waals surface area (Å²) in [5.41, 5.74) is 6.07. The Morgan fingerprint density at radius 2 is 1.94 bits per heavy atom. The molecular weight excluding hydrogens is 408 g/mol. The Kier molecular flexibility index (Phi) is 7.63. The van der Waals surface area contributed by atoms with Gasteiger partial charge in [-0.15, -0.1) is 0 Å². The van der Waals surface area contributed by atoms with Gasteiger partial charge < -0.3 is 15.7 Å². The number of aromatic hydroxyl groups is 1. The summed E-state index contributed by atoms with van der Waals surface area (Å²) in [6.45, 7) is 13.2. The lowest BCUT2D eigenvalue weighted by molar-refractivity contribution is 0.151. The van der Waals surface area contributed by atoms with Gasteiger partial charge >= 0.3 is 0 Å². The van der Waals surface area contributed by atoms with Crippen LogP contribution in [0, 0.1) is 0 Å². The zero-order valence-corrected chi connectivity index (χ0v) is 21.3. The van der Waals surface area contributed by atoms with Crippen molar-refractivity contribution in [1.29, 1.82) is 0 Å². The smallest absolute Gasteiger partial charge is 0.125 e. The van der Waals surface area contributed by atoms with E-state index in [-0.39, 0.29) is 16.8 Å². The first-order chi connectivity index (χ1) is 15.6. The Morgan fingerprint density at radius 3 is 2.52 bits per heavy atom. The predicted octanol–water partition coefficient (Wildman–Crippen LogP) is 5.77. The van der Waals surface area contributed by atoms with Crippen LogP contribution in [0.15, 0.2) is 57.8 Å². The van der Waals surface area contributed by atoms with E-state index in [4.69, 9.17) is 4.99 Å². The van der Waals surface area contributed by atoms with E-state index in [1.165, 1.54) is 5.57 Å². The minimum absolute atomic E-state index is 0.0877. The maximum atomic E-state index is 10.8. The number of aliphatic imine (C=N–C) groups is 2. The van der Waals surface area contributed by atoms with Crippen molar-refractivity contribution in [3.05, 3.63) is 58.9 Å². The lowest BCUT2D eigenvalue weighted by atomic mass is 9.79. The molecule has 0 unspecified atom stereocenters. The van der Waals surface area contributed by atoms with Crippen LogP contribution in [0.3, 0.4) is 0 Å². The molecule has 33 heavy (non-hydrogen) atoms. The molecule has 178 valence electrons. The number of phenolic OH excluding ortho intramolecular Hbond substituents is 1. The number of piperidine rings is 1. The number of benzene rings is 1. The van der Waals surface area contributed by atoms with Gasteiger partial charge in [-0.05, 0) is 83.2 Å². The zero-order chi connectivity index (χ0) is 24.2. The quantitative estimate of drug-likeness (QED) is 0.484. The zero-order valence-electron chi connectivity index (χ0n) is 21.3. The number of phenols is 1. The summed E-state index contributed by atoms with van der Waals surface area (Å²) in [6, 6.07) is 6.15. The molecule has 3 N–H and O–H groups in total. The molecule has 5 nitrogen and oxygen atoms in total. The minimum Gasteiger partial charge on any atom is -0.507 e. The van der Waals surface area contributed by atoms with Crippen LogP contribution in [0.5, 0.6) is 5.75 Å². The Hall–Kier alpha value is -2.66. The van der Waals surface area contributed by atoms with Crippen molar-refractivity contribution in [3.8, 4) is 5.75 Å². The molecule has 0 radical (unpaired) electrons. The summed E-state index contributed by atoms with van der Waals surface area (Å²) in [5.74, 6) is 0.230. The highest BCUT2D eigenvalue weighted by Gasteiger charge is 2.37. The van der Waals surface area contributed by atoms with Crippen LogP contribution in [0.1, 0.15) is 78.4 Å². The fraction of sp³-hybridized carbons (Fsp3) is 0.500. The molecule has 3 rings (SSSR count). The summed E-state index contributed by atoms with van der Waals surface area (Å²) in [6.07, 6.45) is 11.8. The second-order valence-corrected chi connectivity index (χ2v) is 10.5. The second kappa shape index (κ2) is 10.1. The van der Waals surface area contributed by atoms with Gasteiger partial charge in [0.15, 0.2) is 0 Å². The minimum atomic E-state index is 0.0877. The van der Waals surface area contributed by atoms with Gasteiger partial charge in [0, 0.05) is 54.3 Å². The first-order valence-corrected chi connectivity index (χ1v) is 12.0. The highest BCUT2D eigenvalue weighted by atomic mass is 16.3. The molecule has 0 bridgehead atoms. The van der Waals surface area contributed by atoms with E-state index in [0.29, 0.717) is 6.04 Å². The first-order valence-electron chi connectivity index (χ1n) is 12.0. The van der Waals surface area contributed by atoms with Gasteiger partial charge in [0.2, 0.25) is 0 Å². The highest BCUT2D eigenvalue weighted by Crippen LogP contribution is 2.31. The molecule has 2 heterocycles. The van der Waals surface area contributed by atoms with E-state index in [2.05, 4.69) is 56.3 Å². The molecule has 0 aromatic heterocycles. The van der Waals surface area contributed by atoms with Gasteiger partial charge in [-0.3, -0.25) is 9.98 Å². The monoisotopic (exact) mass is 448 g/mol. The Labute approximate surface area is 199 Å². The van der Waals surface area contributed by atoms with E-state index < -0.39 is 0 Å². The first kappa shape index (κ1) is 25.0. The van der Waals surface area contributed by atoms with Gasteiger partial charge in [0.25, 0.3) is 0 Å². The molecule has 1 aromatic rings. The summed E-state index contributed by atoms with van der Waals surface area (Å²) in [5, 5.41) is 18.4. The van der Waals surface area contributed by atoms with Crippen molar-refractivity contribution in [1.82, 2.24) is 10.6 Å². The number of nitrogens with zero attached hydrogens (tertiary/aromatic N) is 2. The van der Waals surface area contributed by atoms with Crippen LogP contribution in [-0.4, -0.2) is 41.2 Å². The highest BCUT2D eigenvalue weighted by molar-refractivity contribution is 6.13. The lowest BCUT2D eigenvalue weighted by Crippen LogP contribution is -2.61. The second-order valence-electron chi connectivity index (χ2n) is 10.5. The van der Waals surface area contributed by atoms with Crippen molar-refractivity contribution < 1.29 is 5.11 Å². The van der Waals surface area contributed by atoms with Gasteiger partial charge in [0.05, 0.1) is 5.71 Å². The summed E-state index contributed by atoms with van der Waals surface area (Å²) in [4.78, 5) is 8.91. The van der Waals surface area contributed by atoms with E-state index in [0.717, 1.165) is 53.8 Å². The normalized spacial score (nSPS) is 21.3. The van der Waals surface area contributed by atoms with Crippen LogP contribution < -0.4 is 10.6 Å². The van der Waals surface area contributed by atoms with E-state index in [1.54, 1.807) is 19.3 Å². The third-order valence-electron chi connectivity index (χ3n) is 6.34. The Morgan fingerprint density at radius 1 is 1.24 bits per heavy atom. The van der Waals surface area contributed by atoms with Crippen molar-refractivity contribution in [2.24, 2.45) is 9.98 Å². The van der Waals surface area contributed by atoms with Crippen molar-refractivity contribution in [2.75, 3.05) is 7.05 Å². The molecule has 1 fully saturated rings. The molecular formula is C28H40N4O. The fourth-order valence-corrected chi connectivity index (χ4v) is 5.25. The number of hydrogen-bond acceptors (Lipinski definition) is 5. The van der Waals surface area contributed by atoms with E-state index >= 15 is 0 Å². The molecule has 1 aromatic carbocycles. The summed E-state index contributed by atoms with van der Waals surface area (Å²) >= 11 is 0. The van der Waals surface area contributed by atoms with Crippen LogP contribution in [0.25, 0.3) is 5.57 Å². The molecule has 0 saturated carbocycles. The molecule has 0 aliphatic carbocycles. The summed E-state index contributed by atoms with van der Waals surface area (Å²) in [7, 11) is 1.75. The van der Waals surface area contributed by atoms with Crippen molar-refractivity contribution in [2.45, 2.75) is 84.3 Å². The number of allylic oxidation sites excluding steroid dienone is 4. The largest absolute Gasteiger partial charge is 0.507 e. The molecule has 2 aliphatic rings. The van der Waals surface area contributed by atoms with Gasteiger partial charge in [0.1, 0.15) is 5.75 Å². The average molecular weight is 449 g/mol. The third-order valence-corrected chi connectivity index (χ3v) is 6.34. The molecule has 2 aliphatic heterocycles. The number of hydrogen-bond donors (Lipinski definition) is 3. The SMILES string of the molecule is C/C=C(\C=NC)c1ccc(C2=NC=C(NC3CC(C)(C)NC(C)(C)C3)CC(CC)=C2)c(O)c1. The van der Waals surface area contributed by atoms with Crippen LogP contribution in [0.2, 0.25) is 0 Å². The Balaban J connectivity index is 1.88. The standard InChI is InChI=1S/C28H40N4O/c1-8-19-12-22(31-23-15-27(3,4)32-28(5,6)16-23)18-30-25(13-19)24-11-10-21(14-26(24)33)20(9-2)17-29-7/h9-11,13-14,17-18,23,31-33H,8,12,15-16H2,1-7H3/b20-9+,29-17?. The Bertz CT molecular complexity index is 1010. The van der Waals surface area contributed by atoms with Crippen LogP contribution in [-0.2, 0) is 0 Å². The average Bonchev–Trinajstić information content (AvgIpc) is 2.91. The number of nitrogens with one attached hydrogen (secondary N) is 2. The molecule has 0 amide bonds. The van der Waals surface area contributed by atoms with Gasteiger partial charge in [-0.25, -0.2) is 0 Å². The van der Waals surface area contributed by atoms with E-state index in [9.17, 15) is 5.11 Å². The molecule has 0 atom stereocenters. The lowest BCUT2D eigenvalue weighted by Gasteiger charge is -2.47. The summed E-state index contributed by atoms with van der Waals surface area (Å²) < 4.78 is 0. The molecule has 1 saturated heterocycles. The third kappa shape index (κ3) is 6.44. The predicted molar refractivity (Wildman–Crippen MR) is 141 cm³/mol. The maximum Gasteiger partial charge on any atom is 0.125 e. The van der Waals surface area contributed by atoms with Gasteiger partial charge in [-0.1, -0.05) is 24.6 Å². The van der Waals surface area contributed by atoms with Crippen molar-refractivity contribution >= 4 is 17.5 Å². The number of rotatable bonds is 6. The van der Waals surface area contributed by atoms with Crippen molar-refractivity contribution in [3.63, 3.8) is 0 Å². The molecule has 0 spiro atoms.